The molecule has 1 heterocycles. The maximum atomic E-state index is 13.4. The molecule has 5 atom stereocenters. The number of nitrogens with one attached hydrogen (secondary N) is 1. The SMILES string of the molecule is CC(=O)N[C@H]1[C@H](OCc2ccccc2)[C@@H](COCc2ccccc2)OC(Cc2ccccc2)(OP(=O)(O)O)[C@]1(Cc1ccccc1)OCc1ccccc1. The number of rotatable bonds is 17. The van der Waals surface area contributed by atoms with Gasteiger partial charge in [-0.2, -0.15) is 0 Å². The van der Waals surface area contributed by atoms with Gasteiger partial charge < -0.3 is 34.1 Å². The van der Waals surface area contributed by atoms with Crippen molar-refractivity contribution >= 4 is 13.7 Å². The maximum absolute atomic E-state index is 13.4. The summed E-state index contributed by atoms with van der Waals surface area (Å²) < 4.78 is 46.5. The number of benzene rings is 5. The fourth-order valence-electron chi connectivity index (χ4n) is 7.07. The number of carbonyl (C=O) groups is 1. The average Bonchev–Trinajstić information content (AvgIpc) is 3.17. The first kappa shape index (κ1) is 39.2. The molecular formula is C43H46NO9P. The summed E-state index contributed by atoms with van der Waals surface area (Å²) in [6, 6.07) is 46.0. The predicted octanol–water partition coefficient (Wildman–Crippen LogP) is 6.94. The minimum Gasteiger partial charge on any atom is -0.374 e. The summed E-state index contributed by atoms with van der Waals surface area (Å²) in [5.74, 6) is -2.64. The molecule has 1 saturated heterocycles. The first-order valence-electron chi connectivity index (χ1n) is 17.9. The highest BCUT2D eigenvalue weighted by Gasteiger charge is 2.69. The largest absolute Gasteiger partial charge is 0.472 e. The number of phosphoric acid groups is 1. The van der Waals surface area contributed by atoms with E-state index in [1.54, 1.807) is 0 Å². The molecule has 6 rings (SSSR count). The van der Waals surface area contributed by atoms with Crippen molar-refractivity contribution in [3.63, 3.8) is 0 Å². The van der Waals surface area contributed by atoms with Crippen LogP contribution in [0, 0.1) is 0 Å². The highest BCUT2D eigenvalue weighted by atomic mass is 31.2. The molecule has 0 spiro atoms. The minimum atomic E-state index is -5.36. The maximum Gasteiger partial charge on any atom is 0.472 e. The number of ether oxygens (including phenoxy) is 4. The molecule has 54 heavy (non-hydrogen) atoms. The molecule has 3 N–H and O–H groups in total. The first-order valence-corrected chi connectivity index (χ1v) is 19.4. The van der Waals surface area contributed by atoms with E-state index < -0.39 is 43.4 Å². The lowest BCUT2D eigenvalue weighted by atomic mass is 9.71. The molecule has 5 aromatic carbocycles. The zero-order valence-corrected chi connectivity index (χ0v) is 31.0. The molecule has 1 amide bonds. The summed E-state index contributed by atoms with van der Waals surface area (Å²) in [5.41, 5.74) is 2.14. The van der Waals surface area contributed by atoms with Gasteiger partial charge in [0.2, 0.25) is 11.7 Å². The van der Waals surface area contributed by atoms with E-state index in [-0.39, 0.29) is 39.3 Å². The Bertz CT molecular complexity index is 1930. The van der Waals surface area contributed by atoms with Gasteiger partial charge in [-0.15, -0.1) is 0 Å². The van der Waals surface area contributed by atoms with E-state index >= 15 is 0 Å². The van der Waals surface area contributed by atoms with Gasteiger partial charge in [-0.1, -0.05) is 152 Å². The molecule has 0 aromatic heterocycles. The quantitative estimate of drug-likeness (QED) is 0.0865. The topological polar surface area (TPSA) is 133 Å². The van der Waals surface area contributed by atoms with Crippen molar-refractivity contribution in [1.29, 1.82) is 0 Å². The number of carbonyl (C=O) groups excluding carboxylic acids is 1. The number of amides is 1. The smallest absolute Gasteiger partial charge is 0.374 e. The van der Waals surface area contributed by atoms with E-state index in [0.29, 0.717) is 5.56 Å². The highest BCUT2D eigenvalue weighted by Crippen LogP contribution is 2.54. The van der Waals surface area contributed by atoms with Gasteiger partial charge in [0.1, 0.15) is 17.8 Å². The molecule has 0 radical (unpaired) electrons. The average molecular weight is 752 g/mol. The Morgan fingerprint density at radius 2 is 1.11 bits per heavy atom. The lowest BCUT2D eigenvalue weighted by Gasteiger charge is -2.59. The van der Waals surface area contributed by atoms with Crippen LogP contribution in [-0.4, -0.2) is 51.9 Å². The van der Waals surface area contributed by atoms with E-state index in [1.807, 2.05) is 152 Å². The third-order valence-electron chi connectivity index (χ3n) is 9.42. The van der Waals surface area contributed by atoms with E-state index in [0.717, 1.165) is 22.3 Å². The molecular weight excluding hydrogens is 705 g/mol. The van der Waals surface area contributed by atoms with Crippen LogP contribution in [0.1, 0.15) is 34.7 Å². The third-order valence-corrected chi connectivity index (χ3v) is 9.95. The Morgan fingerprint density at radius 3 is 1.59 bits per heavy atom. The fraction of sp³-hybridized carbons (Fsp3) is 0.279. The molecule has 11 heteroatoms. The molecule has 0 bridgehead atoms. The zero-order chi connectivity index (χ0) is 37.9. The number of phosphoric ester groups is 1. The van der Waals surface area contributed by atoms with Crippen LogP contribution in [0.2, 0.25) is 0 Å². The summed E-state index contributed by atoms with van der Waals surface area (Å²) in [7, 11) is -5.36. The summed E-state index contributed by atoms with van der Waals surface area (Å²) in [6.45, 7) is 1.64. The molecule has 1 aliphatic rings. The molecule has 1 fully saturated rings. The minimum absolute atomic E-state index is 0.00123. The van der Waals surface area contributed by atoms with Crippen molar-refractivity contribution in [1.82, 2.24) is 5.32 Å². The molecule has 10 nitrogen and oxygen atoms in total. The van der Waals surface area contributed by atoms with Crippen LogP contribution in [0.3, 0.4) is 0 Å². The normalized spacial score (nSPS) is 22.8. The fourth-order valence-corrected chi connectivity index (χ4v) is 7.72. The summed E-state index contributed by atoms with van der Waals surface area (Å²) in [6.07, 6.45) is -2.15. The van der Waals surface area contributed by atoms with Crippen molar-refractivity contribution < 1.29 is 42.6 Å². The Labute approximate surface area is 316 Å². The molecule has 1 aliphatic heterocycles. The Balaban J connectivity index is 1.56. The second kappa shape index (κ2) is 18.2. The highest BCUT2D eigenvalue weighted by molar-refractivity contribution is 7.46. The summed E-state index contributed by atoms with van der Waals surface area (Å²) >= 11 is 0. The van der Waals surface area contributed by atoms with Crippen molar-refractivity contribution in [2.24, 2.45) is 0 Å². The Kier molecular flexibility index (Phi) is 13.2. The van der Waals surface area contributed by atoms with Gasteiger partial charge in [0.25, 0.3) is 0 Å². The van der Waals surface area contributed by atoms with Crippen molar-refractivity contribution in [3.05, 3.63) is 179 Å². The van der Waals surface area contributed by atoms with Crippen LogP contribution >= 0.6 is 7.82 Å². The van der Waals surface area contributed by atoms with E-state index in [2.05, 4.69) is 5.32 Å². The zero-order valence-electron chi connectivity index (χ0n) is 30.1. The molecule has 0 aliphatic carbocycles. The van der Waals surface area contributed by atoms with Crippen LogP contribution < -0.4 is 5.32 Å². The summed E-state index contributed by atoms with van der Waals surface area (Å²) in [5, 5.41) is 3.12. The van der Waals surface area contributed by atoms with E-state index in [9.17, 15) is 19.1 Å². The lowest BCUT2D eigenvalue weighted by molar-refractivity contribution is -0.377. The van der Waals surface area contributed by atoms with Crippen LogP contribution in [0.5, 0.6) is 0 Å². The third kappa shape index (κ3) is 10.2. The standard InChI is InChI=1S/C43H46NO9P/c1-33(45)44-41-40(50-30-37-23-13-5-14-24-37)39(32-49-29-36-21-11-4-12-22-36)52-43(53-54(46,47)48,28-35-19-9-3-10-20-35)42(41,27-34-17-7-2-8-18-34)51-31-38-25-15-6-16-26-38/h2-26,39-41H,27-32H2,1H3,(H,44,45)(H2,46,47,48)/t39-,40-,41+,42-,43?/m1/s1. The van der Waals surface area contributed by atoms with E-state index in [4.69, 9.17) is 23.5 Å². The molecule has 1 unspecified atom stereocenters. The lowest BCUT2D eigenvalue weighted by Crippen LogP contribution is -2.79. The van der Waals surface area contributed by atoms with Crippen molar-refractivity contribution in [2.45, 2.75) is 69.2 Å². The monoisotopic (exact) mass is 751 g/mol. The van der Waals surface area contributed by atoms with Gasteiger partial charge in [0.05, 0.1) is 32.5 Å². The first-order chi connectivity index (χ1) is 26.1. The van der Waals surface area contributed by atoms with Gasteiger partial charge in [-0.05, 0) is 27.8 Å². The van der Waals surface area contributed by atoms with Crippen LogP contribution in [0.15, 0.2) is 152 Å². The number of hydrogen-bond donors (Lipinski definition) is 3. The Morgan fingerprint density at radius 1 is 0.667 bits per heavy atom. The van der Waals surface area contributed by atoms with Gasteiger partial charge in [0, 0.05) is 19.8 Å². The van der Waals surface area contributed by atoms with Gasteiger partial charge in [-0.25, -0.2) is 4.57 Å². The van der Waals surface area contributed by atoms with Crippen LogP contribution in [0.25, 0.3) is 0 Å². The Hall–Kier alpha value is -4.48. The van der Waals surface area contributed by atoms with E-state index in [1.165, 1.54) is 6.92 Å². The second-order valence-electron chi connectivity index (χ2n) is 13.4. The predicted molar refractivity (Wildman–Crippen MR) is 204 cm³/mol. The van der Waals surface area contributed by atoms with Crippen LogP contribution in [0.4, 0.5) is 0 Å². The number of hydrogen-bond acceptors (Lipinski definition) is 7. The van der Waals surface area contributed by atoms with Crippen LogP contribution in [-0.2, 0) is 65.5 Å². The molecule has 5 aromatic rings. The summed E-state index contributed by atoms with van der Waals surface area (Å²) in [4.78, 5) is 35.0. The van der Waals surface area contributed by atoms with Gasteiger partial charge >= 0.3 is 7.82 Å². The van der Waals surface area contributed by atoms with Gasteiger partial charge in [0.15, 0.2) is 0 Å². The van der Waals surface area contributed by atoms with Gasteiger partial charge in [-0.3, -0.25) is 9.32 Å². The molecule has 0 saturated carbocycles. The van der Waals surface area contributed by atoms with Crippen molar-refractivity contribution in [3.8, 4) is 0 Å². The second-order valence-corrected chi connectivity index (χ2v) is 14.6. The van der Waals surface area contributed by atoms with Crippen molar-refractivity contribution in [2.75, 3.05) is 6.61 Å². The molecule has 282 valence electrons.